The molecule has 7 heteroatoms. The smallest absolute Gasteiger partial charge is 0.159 e. The van der Waals surface area contributed by atoms with Gasteiger partial charge in [-0.05, 0) is 54.4 Å². The summed E-state index contributed by atoms with van der Waals surface area (Å²) in [5, 5.41) is 7.80. The van der Waals surface area contributed by atoms with Gasteiger partial charge in [0.1, 0.15) is 12.1 Å². The molecule has 3 aromatic rings. The molecule has 2 heterocycles. The quantitative estimate of drug-likeness (QED) is 0.665. The first-order chi connectivity index (χ1) is 12.1. The first kappa shape index (κ1) is 17.6. The van der Waals surface area contributed by atoms with Crippen molar-refractivity contribution in [1.82, 2.24) is 19.7 Å². The number of nitrogens with one attached hydrogen (secondary N) is 1. The highest BCUT2D eigenvalue weighted by Gasteiger charge is 2.12. The largest absolute Gasteiger partial charge is 0.377 e. The number of aryl methyl sites for hydroxylation is 1. The molecule has 2 aromatic heterocycles. The maximum atomic E-state index is 5.41. The summed E-state index contributed by atoms with van der Waals surface area (Å²) in [6, 6.07) is 9.97. The van der Waals surface area contributed by atoms with E-state index in [4.69, 9.17) is 4.74 Å². The number of hydrogen-bond acceptors (Lipinski definition) is 5. The van der Waals surface area contributed by atoms with Gasteiger partial charge in [-0.15, -0.1) is 0 Å². The molecule has 0 amide bonds. The summed E-state index contributed by atoms with van der Waals surface area (Å²) in [6.45, 7) is 7.28. The molecule has 0 spiro atoms. The van der Waals surface area contributed by atoms with Crippen molar-refractivity contribution in [2.45, 2.75) is 27.4 Å². The van der Waals surface area contributed by atoms with Crippen LogP contribution in [0, 0.1) is 13.8 Å². The van der Waals surface area contributed by atoms with Crippen LogP contribution in [-0.2, 0) is 11.3 Å². The average Bonchev–Trinajstić information content (AvgIpc) is 2.89. The third kappa shape index (κ3) is 4.05. The molecule has 25 heavy (non-hydrogen) atoms. The Bertz CT molecular complexity index is 860. The lowest BCUT2D eigenvalue weighted by Gasteiger charge is -2.09. The highest BCUT2D eigenvalue weighted by atomic mass is 79.9. The summed E-state index contributed by atoms with van der Waals surface area (Å²) in [5.41, 5.74) is 4.03. The minimum Gasteiger partial charge on any atom is -0.377 e. The van der Waals surface area contributed by atoms with Crippen molar-refractivity contribution in [2.24, 2.45) is 0 Å². The van der Waals surface area contributed by atoms with Crippen molar-refractivity contribution in [3.63, 3.8) is 0 Å². The molecule has 1 N–H and O–H groups in total. The second kappa shape index (κ2) is 7.76. The third-order valence-corrected chi connectivity index (χ3v) is 4.92. The van der Waals surface area contributed by atoms with Gasteiger partial charge in [0.25, 0.3) is 0 Å². The number of nitrogens with zero attached hydrogens (tertiary/aromatic N) is 4. The zero-order valence-corrected chi connectivity index (χ0v) is 16.0. The number of aromatic nitrogens is 4. The van der Waals surface area contributed by atoms with E-state index in [2.05, 4.69) is 36.3 Å². The zero-order chi connectivity index (χ0) is 17.8. The molecule has 0 bridgehead atoms. The molecule has 0 radical (unpaired) electrons. The lowest BCUT2D eigenvalue weighted by molar-refractivity contribution is 0.134. The Morgan fingerprint density at radius 1 is 1.16 bits per heavy atom. The minimum atomic E-state index is 0.626. The van der Waals surface area contributed by atoms with Crippen LogP contribution in [0.1, 0.15) is 23.9 Å². The second-order valence-electron chi connectivity index (χ2n) is 5.62. The van der Waals surface area contributed by atoms with E-state index in [1.54, 1.807) is 4.68 Å². The van der Waals surface area contributed by atoms with Crippen LogP contribution in [0.15, 0.2) is 41.1 Å². The number of halogens is 1. The summed E-state index contributed by atoms with van der Waals surface area (Å²) in [7, 11) is 0. The van der Waals surface area contributed by atoms with E-state index in [1.807, 2.05) is 51.1 Å². The molecule has 0 saturated heterocycles. The van der Waals surface area contributed by atoms with Crippen LogP contribution in [-0.4, -0.2) is 26.4 Å². The van der Waals surface area contributed by atoms with E-state index in [0.717, 1.165) is 32.9 Å². The van der Waals surface area contributed by atoms with Crippen LogP contribution in [0.25, 0.3) is 5.82 Å². The normalized spacial score (nSPS) is 10.9. The van der Waals surface area contributed by atoms with Crippen molar-refractivity contribution >= 4 is 27.4 Å². The Kier molecular flexibility index (Phi) is 5.45. The van der Waals surface area contributed by atoms with E-state index < -0.39 is 0 Å². The minimum absolute atomic E-state index is 0.626. The predicted molar refractivity (Wildman–Crippen MR) is 101 cm³/mol. The van der Waals surface area contributed by atoms with Gasteiger partial charge in [-0.25, -0.2) is 14.6 Å². The Hall–Kier alpha value is -2.25. The first-order valence-electron chi connectivity index (χ1n) is 8.06. The molecule has 130 valence electrons. The fourth-order valence-electron chi connectivity index (χ4n) is 2.43. The molecule has 0 fully saturated rings. The molecule has 0 atom stereocenters. The van der Waals surface area contributed by atoms with Crippen LogP contribution < -0.4 is 5.32 Å². The molecule has 1 aromatic carbocycles. The summed E-state index contributed by atoms with van der Waals surface area (Å²) in [4.78, 5) is 8.62. The van der Waals surface area contributed by atoms with Crippen molar-refractivity contribution in [2.75, 3.05) is 11.9 Å². The Labute approximate surface area is 155 Å². The van der Waals surface area contributed by atoms with E-state index in [0.29, 0.717) is 19.0 Å². The van der Waals surface area contributed by atoms with Crippen molar-refractivity contribution in [3.05, 3.63) is 58.1 Å². The van der Waals surface area contributed by atoms with Crippen LogP contribution in [0.4, 0.5) is 11.5 Å². The van der Waals surface area contributed by atoms with Gasteiger partial charge in [-0.3, -0.25) is 0 Å². The molecule has 0 aliphatic carbocycles. The Morgan fingerprint density at radius 2 is 1.92 bits per heavy atom. The number of rotatable bonds is 6. The van der Waals surface area contributed by atoms with Gasteiger partial charge in [0, 0.05) is 18.4 Å². The molecule has 0 aliphatic rings. The van der Waals surface area contributed by atoms with Gasteiger partial charge in [0.05, 0.1) is 22.5 Å². The zero-order valence-electron chi connectivity index (χ0n) is 14.5. The standard InChI is InChI=1S/C18H20BrN5O/c1-4-25-10-14-5-7-15(8-6-14)22-16-9-17(21-11-20-16)24-13(3)18(19)12(2)23-24/h5-9,11H,4,10H2,1-3H3,(H,20,21,22). The van der Waals surface area contributed by atoms with E-state index in [9.17, 15) is 0 Å². The fourth-order valence-corrected chi connectivity index (χ4v) is 2.68. The van der Waals surface area contributed by atoms with Gasteiger partial charge in [-0.1, -0.05) is 12.1 Å². The van der Waals surface area contributed by atoms with Crippen LogP contribution >= 0.6 is 15.9 Å². The molecule has 3 rings (SSSR count). The number of anilines is 2. The van der Waals surface area contributed by atoms with Gasteiger partial charge >= 0.3 is 0 Å². The van der Waals surface area contributed by atoms with E-state index >= 15 is 0 Å². The second-order valence-corrected chi connectivity index (χ2v) is 6.41. The van der Waals surface area contributed by atoms with Gasteiger partial charge in [-0.2, -0.15) is 5.10 Å². The fraction of sp³-hybridized carbons (Fsp3) is 0.278. The summed E-state index contributed by atoms with van der Waals surface area (Å²) in [6.07, 6.45) is 1.53. The van der Waals surface area contributed by atoms with Gasteiger partial charge < -0.3 is 10.1 Å². The van der Waals surface area contributed by atoms with E-state index in [1.165, 1.54) is 6.33 Å². The SMILES string of the molecule is CCOCc1ccc(Nc2cc(-n3nc(C)c(Br)c3C)ncn2)cc1. The molecular weight excluding hydrogens is 382 g/mol. The van der Waals surface area contributed by atoms with Crippen molar-refractivity contribution < 1.29 is 4.74 Å². The molecule has 0 aliphatic heterocycles. The maximum absolute atomic E-state index is 5.41. The van der Waals surface area contributed by atoms with Crippen molar-refractivity contribution in [3.8, 4) is 5.82 Å². The summed E-state index contributed by atoms with van der Waals surface area (Å²) < 4.78 is 8.20. The topological polar surface area (TPSA) is 64.9 Å². The first-order valence-corrected chi connectivity index (χ1v) is 8.85. The molecule has 0 saturated carbocycles. The lowest BCUT2D eigenvalue weighted by atomic mass is 10.2. The number of hydrogen-bond donors (Lipinski definition) is 1. The highest BCUT2D eigenvalue weighted by molar-refractivity contribution is 9.10. The monoisotopic (exact) mass is 401 g/mol. The van der Waals surface area contributed by atoms with Gasteiger partial charge in [0.15, 0.2) is 5.82 Å². The van der Waals surface area contributed by atoms with E-state index in [-0.39, 0.29) is 0 Å². The van der Waals surface area contributed by atoms with Crippen LogP contribution in [0.2, 0.25) is 0 Å². The van der Waals surface area contributed by atoms with Gasteiger partial charge in [0.2, 0.25) is 0 Å². The van der Waals surface area contributed by atoms with Crippen molar-refractivity contribution in [1.29, 1.82) is 0 Å². The van der Waals surface area contributed by atoms with Crippen LogP contribution in [0.5, 0.6) is 0 Å². The number of ether oxygens (including phenoxy) is 1. The molecular formula is C18H20BrN5O. The predicted octanol–water partition coefficient (Wildman–Crippen LogP) is 4.32. The average molecular weight is 402 g/mol. The Morgan fingerprint density at radius 3 is 2.56 bits per heavy atom. The number of benzene rings is 1. The third-order valence-electron chi connectivity index (χ3n) is 3.77. The van der Waals surface area contributed by atoms with Crippen LogP contribution in [0.3, 0.4) is 0 Å². The Balaban J connectivity index is 1.79. The maximum Gasteiger partial charge on any atom is 0.159 e. The summed E-state index contributed by atoms with van der Waals surface area (Å²) in [5.74, 6) is 1.43. The molecule has 0 unspecified atom stereocenters. The molecule has 6 nitrogen and oxygen atoms in total. The highest BCUT2D eigenvalue weighted by Crippen LogP contribution is 2.23. The summed E-state index contributed by atoms with van der Waals surface area (Å²) >= 11 is 3.54. The lowest BCUT2D eigenvalue weighted by Crippen LogP contribution is -2.04.